The second-order valence-corrected chi connectivity index (χ2v) is 3.57. The molecule has 3 rings (SSSR count). The first-order valence-corrected chi connectivity index (χ1v) is 5.30. The zero-order valence-corrected chi connectivity index (χ0v) is 9.08. The van der Waals surface area contributed by atoms with Gasteiger partial charge in [-0.25, -0.2) is 0 Å². The molecule has 0 saturated heterocycles. The lowest BCUT2D eigenvalue weighted by Crippen LogP contribution is -2.14. The largest absolute Gasteiger partial charge is 0.467 e. The molecule has 0 aliphatic carbocycles. The third-order valence-corrected chi connectivity index (χ3v) is 2.44. The van der Waals surface area contributed by atoms with Crippen molar-refractivity contribution in [2.24, 2.45) is 0 Å². The van der Waals surface area contributed by atoms with E-state index in [1.165, 1.54) is 0 Å². The highest BCUT2D eigenvalue weighted by Crippen LogP contribution is 2.28. The van der Waals surface area contributed by atoms with E-state index in [-0.39, 0.29) is 0 Å². The first-order valence-electron chi connectivity index (χ1n) is 5.30. The van der Waals surface area contributed by atoms with Crippen molar-refractivity contribution in [2.45, 2.75) is 6.54 Å². The van der Waals surface area contributed by atoms with Gasteiger partial charge in [-0.1, -0.05) is 0 Å². The molecule has 3 aromatic rings. The molecule has 0 spiro atoms. The summed E-state index contributed by atoms with van der Waals surface area (Å²) in [6.07, 6.45) is 4.92. The minimum absolute atomic E-state index is 0.564. The average molecular weight is 229 g/mol. The van der Waals surface area contributed by atoms with E-state index < -0.39 is 0 Å². The molecule has 0 fully saturated rings. The highest BCUT2D eigenvalue weighted by Gasteiger charge is 2.15. The van der Waals surface area contributed by atoms with Crippen LogP contribution in [0.1, 0.15) is 5.76 Å². The summed E-state index contributed by atoms with van der Waals surface area (Å²) in [5, 5.41) is 0. The maximum Gasteiger partial charge on any atom is 0.202 e. The minimum Gasteiger partial charge on any atom is -0.467 e. The molecule has 3 heterocycles. The van der Waals surface area contributed by atoms with Crippen LogP contribution in [0.25, 0.3) is 0 Å². The average Bonchev–Trinajstić information content (AvgIpc) is 3.09. The summed E-state index contributed by atoms with van der Waals surface area (Å²) in [4.78, 5) is 1.90. The summed E-state index contributed by atoms with van der Waals surface area (Å²) < 4.78 is 16.1. The Morgan fingerprint density at radius 2 is 1.35 bits per heavy atom. The van der Waals surface area contributed by atoms with Crippen molar-refractivity contribution < 1.29 is 13.3 Å². The van der Waals surface area contributed by atoms with Crippen LogP contribution in [0, 0.1) is 0 Å². The Bertz CT molecular complexity index is 503. The van der Waals surface area contributed by atoms with Crippen LogP contribution in [-0.2, 0) is 6.54 Å². The van der Waals surface area contributed by atoms with Gasteiger partial charge in [-0.05, 0) is 24.3 Å². The Hall–Kier alpha value is -2.36. The molecular weight excluding hydrogens is 218 g/mol. The van der Waals surface area contributed by atoms with Gasteiger partial charge in [-0.15, -0.1) is 0 Å². The van der Waals surface area contributed by atoms with Crippen molar-refractivity contribution in [3.63, 3.8) is 0 Å². The first-order chi connectivity index (χ1) is 8.43. The van der Waals surface area contributed by atoms with E-state index in [9.17, 15) is 0 Å². The Morgan fingerprint density at radius 3 is 1.82 bits per heavy atom. The second kappa shape index (κ2) is 4.25. The van der Waals surface area contributed by atoms with Crippen molar-refractivity contribution in [1.82, 2.24) is 0 Å². The highest BCUT2D eigenvalue weighted by atomic mass is 16.4. The third kappa shape index (κ3) is 1.97. The quantitative estimate of drug-likeness (QED) is 0.682. The molecule has 17 heavy (non-hydrogen) atoms. The smallest absolute Gasteiger partial charge is 0.202 e. The maximum absolute atomic E-state index is 5.39. The monoisotopic (exact) mass is 229 g/mol. The minimum atomic E-state index is 0.564. The van der Waals surface area contributed by atoms with Crippen LogP contribution >= 0.6 is 0 Å². The van der Waals surface area contributed by atoms with E-state index in [0.29, 0.717) is 6.54 Å². The summed E-state index contributed by atoms with van der Waals surface area (Å²) in [5.41, 5.74) is 0. The molecule has 0 aliphatic rings. The Kier molecular flexibility index (Phi) is 2.46. The van der Waals surface area contributed by atoms with Gasteiger partial charge in [-0.3, -0.25) is 4.90 Å². The fourth-order valence-corrected chi connectivity index (χ4v) is 1.67. The fraction of sp³-hybridized carbons (Fsp3) is 0.0769. The molecule has 0 aromatic carbocycles. The lowest BCUT2D eigenvalue weighted by atomic mass is 10.4. The molecule has 86 valence electrons. The summed E-state index contributed by atoms with van der Waals surface area (Å²) >= 11 is 0. The molecule has 0 atom stereocenters. The summed E-state index contributed by atoms with van der Waals surface area (Å²) in [6.45, 7) is 0.564. The van der Waals surface area contributed by atoms with Crippen LogP contribution in [0.5, 0.6) is 0 Å². The zero-order chi connectivity index (χ0) is 11.5. The molecule has 4 nitrogen and oxygen atoms in total. The SMILES string of the molecule is c1coc(CN(c2ccco2)c2ccco2)c1. The van der Waals surface area contributed by atoms with Gasteiger partial charge < -0.3 is 13.3 Å². The lowest BCUT2D eigenvalue weighted by molar-refractivity contribution is 0.478. The van der Waals surface area contributed by atoms with Crippen LogP contribution in [0.2, 0.25) is 0 Å². The predicted molar refractivity (Wildman–Crippen MR) is 62.0 cm³/mol. The van der Waals surface area contributed by atoms with Gasteiger partial charge in [0, 0.05) is 12.1 Å². The zero-order valence-electron chi connectivity index (χ0n) is 9.08. The van der Waals surface area contributed by atoms with E-state index in [1.807, 2.05) is 41.3 Å². The molecule has 0 radical (unpaired) electrons. The fourth-order valence-electron chi connectivity index (χ4n) is 1.67. The lowest BCUT2D eigenvalue weighted by Gasteiger charge is -2.17. The molecule has 0 bridgehead atoms. The normalized spacial score (nSPS) is 10.6. The highest BCUT2D eigenvalue weighted by molar-refractivity contribution is 5.52. The van der Waals surface area contributed by atoms with E-state index in [0.717, 1.165) is 17.5 Å². The molecule has 0 N–H and O–H groups in total. The van der Waals surface area contributed by atoms with Crippen molar-refractivity contribution in [3.05, 3.63) is 60.9 Å². The molecular formula is C13H11NO3. The molecule has 0 saturated carbocycles. The van der Waals surface area contributed by atoms with Gasteiger partial charge in [-0.2, -0.15) is 0 Å². The second-order valence-electron chi connectivity index (χ2n) is 3.57. The molecule has 4 heteroatoms. The third-order valence-electron chi connectivity index (χ3n) is 2.44. The first kappa shape index (κ1) is 9.84. The number of nitrogens with zero attached hydrogens (tertiary/aromatic N) is 1. The Labute approximate surface area is 98.1 Å². The van der Waals surface area contributed by atoms with E-state index in [4.69, 9.17) is 13.3 Å². The number of anilines is 2. The summed E-state index contributed by atoms with van der Waals surface area (Å²) in [7, 11) is 0. The van der Waals surface area contributed by atoms with Gasteiger partial charge in [0.1, 0.15) is 5.76 Å². The van der Waals surface area contributed by atoms with Crippen LogP contribution in [0.3, 0.4) is 0 Å². The van der Waals surface area contributed by atoms with Crippen molar-refractivity contribution >= 4 is 11.8 Å². The Balaban J connectivity index is 1.92. The topological polar surface area (TPSA) is 42.7 Å². The van der Waals surface area contributed by atoms with E-state index in [2.05, 4.69) is 0 Å². The molecule has 0 unspecified atom stereocenters. The van der Waals surface area contributed by atoms with Crippen LogP contribution in [0.4, 0.5) is 11.8 Å². The summed E-state index contributed by atoms with van der Waals surface area (Å²) in [5.74, 6) is 2.28. The number of furan rings is 3. The van der Waals surface area contributed by atoms with Crippen molar-refractivity contribution in [1.29, 1.82) is 0 Å². The predicted octanol–water partition coefficient (Wildman–Crippen LogP) is 3.80. The van der Waals surface area contributed by atoms with Crippen LogP contribution < -0.4 is 4.90 Å². The van der Waals surface area contributed by atoms with Gasteiger partial charge in [0.25, 0.3) is 0 Å². The number of rotatable bonds is 4. The molecule has 3 aromatic heterocycles. The van der Waals surface area contributed by atoms with Gasteiger partial charge in [0.15, 0.2) is 0 Å². The number of hydrogen-bond acceptors (Lipinski definition) is 4. The maximum atomic E-state index is 5.39. The van der Waals surface area contributed by atoms with Crippen molar-refractivity contribution in [2.75, 3.05) is 4.90 Å². The Morgan fingerprint density at radius 1 is 0.765 bits per heavy atom. The van der Waals surface area contributed by atoms with Gasteiger partial charge in [0.05, 0.1) is 25.3 Å². The molecule has 0 aliphatic heterocycles. The van der Waals surface area contributed by atoms with Crippen LogP contribution in [-0.4, -0.2) is 0 Å². The van der Waals surface area contributed by atoms with E-state index >= 15 is 0 Å². The van der Waals surface area contributed by atoms with Gasteiger partial charge >= 0.3 is 0 Å². The van der Waals surface area contributed by atoms with Gasteiger partial charge in [0.2, 0.25) is 11.8 Å². The molecule has 0 amide bonds. The van der Waals surface area contributed by atoms with Crippen molar-refractivity contribution in [3.8, 4) is 0 Å². The summed E-state index contributed by atoms with van der Waals surface area (Å²) in [6, 6.07) is 11.2. The number of hydrogen-bond donors (Lipinski definition) is 0. The standard InChI is InChI=1S/C13H11NO3/c1-4-11(15-7-1)10-14(12-5-2-8-16-12)13-6-3-9-17-13/h1-9H,10H2. The van der Waals surface area contributed by atoms with Crippen LogP contribution in [0.15, 0.2) is 68.4 Å². The van der Waals surface area contributed by atoms with E-state index in [1.54, 1.807) is 18.8 Å².